The average Bonchev–Trinajstić information content (AvgIpc) is 2.72. The molecule has 2 fully saturated rings. The predicted molar refractivity (Wildman–Crippen MR) is 56.7 cm³/mol. The van der Waals surface area contributed by atoms with E-state index in [1.54, 1.807) is 0 Å². The molecular formula is C7H14N2O5S2. The van der Waals surface area contributed by atoms with Gasteiger partial charge in [0.05, 0.1) is 16.8 Å². The second-order valence-corrected chi connectivity index (χ2v) is 8.40. The predicted octanol–water partition coefficient (Wildman–Crippen LogP) is -2.32. The highest BCUT2D eigenvalue weighted by atomic mass is 32.2. The van der Waals surface area contributed by atoms with Crippen LogP contribution in [-0.2, 0) is 19.9 Å². The van der Waals surface area contributed by atoms with Crippen LogP contribution < -0.4 is 5.32 Å². The van der Waals surface area contributed by atoms with Gasteiger partial charge in [-0.15, -0.1) is 0 Å². The second kappa shape index (κ2) is 3.91. The SMILES string of the molecule is O=S1(=O)CC[C@H](S(=O)(=O)N2CCN[C@@H]2O)C1. The van der Waals surface area contributed by atoms with Crippen molar-refractivity contribution in [1.82, 2.24) is 9.62 Å². The van der Waals surface area contributed by atoms with Crippen molar-refractivity contribution in [2.24, 2.45) is 0 Å². The van der Waals surface area contributed by atoms with Crippen LogP contribution in [0, 0.1) is 0 Å². The van der Waals surface area contributed by atoms with E-state index in [2.05, 4.69) is 5.32 Å². The molecule has 0 spiro atoms. The van der Waals surface area contributed by atoms with Crippen molar-refractivity contribution < 1.29 is 21.9 Å². The maximum absolute atomic E-state index is 12.0. The summed E-state index contributed by atoms with van der Waals surface area (Å²) in [7, 11) is -6.95. The number of sulfone groups is 1. The minimum absolute atomic E-state index is 0.0890. The number of aliphatic hydroxyl groups excluding tert-OH is 1. The molecular weight excluding hydrogens is 256 g/mol. The first-order chi connectivity index (χ1) is 7.33. The molecule has 0 amide bonds. The van der Waals surface area contributed by atoms with E-state index in [0.29, 0.717) is 6.54 Å². The standard InChI is InChI=1S/C7H14N2O5S2/c10-7-8-2-3-9(7)16(13,14)6-1-4-15(11,12)5-6/h6-8,10H,1-5H2/t6-,7-/m0/s1. The zero-order valence-electron chi connectivity index (χ0n) is 8.53. The molecule has 94 valence electrons. The third-order valence-corrected chi connectivity index (χ3v) is 7.13. The number of hydrogen-bond donors (Lipinski definition) is 2. The molecule has 2 aliphatic rings. The van der Waals surface area contributed by atoms with Crippen LogP contribution in [-0.4, -0.2) is 62.4 Å². The lowest BCUT2D eigenvalue weighted by Crippen LogP contribution is -2.44. The fraction of sp³-hybridized carbons (Fsp3) is 1.00. The Labute approximate surface area is 94.4 Å². The van der Waals surface area contributed by atoms with Gasteiger partial charge in [-0.2, -0.15) is 4.31 Å². The summed E-state index contributed by atoms with van der Waals surface area (Å²) in [5, 5.41) is 11.1. The van der Waals surface area contributed by atoms with Crippen LogP contribution in [0.1, 0.15) is 6.42 Å². The van der Waals surface area contributed by atoms with Gasteiger partial charge in [0.15, 0.2) is 16.2 Å². The molecule has 0 bridgehead atoms. The Morgan fingerprint density at radius 3 is 2.50 bits per heavy atom. The largest absolute Gasteiger partial charge is 0.364 e. The quantitative estimate of drug-likeness (QED) is 0.584. The molecule has 0 aromatic carbocycles. The van der Waals surface area contributed by atoms with Gasteiger partial charge in [0.2, 0.25) is 10.0 Å². The summed E-state index contributed by atoms with van der Waals surface area (Å²) < 4.78 is 47.4. The van der Waals surface area contributed by atoms with Crippen LogP contribution >= 0.6 is 0 Å². The summed E-state index contributed by atoms with van der Waals surface area (Å²) >= 11 is 0. The van der Waals surface area contributed by atoms with Gasteiger partial charge in [-0.1, -0.05) is 0 Å². The first-order valence-corrected chi connectivity index (χ1v) is 8.28. The maximum atomic E-state index is 12.0. The van der Waals surface area contributed by atoms with E-state index >= 15 is 0 Å². The normalized spacial score (nSPS) is 35.6. The van der Waals surface area contributed by atoms with Crippen molar-refractivity contribution in [3.05, 3.63) is 0 Å². The van der Waals surface area contributed by atoms with Crippen molar-refractivity contribution >= 4 is 19.9 Å². The van der Waals surface area contributed by atoms with Gasteiger partial charge in [0, 0.05) is 13.1 Å². The van der Waals surface area contributed by atoms with Gasteiger partial charge in [-0.05, 0) is 6.42 Å². The summed E-state index contributed by atoms with van der Waals surface area (Å²) in [6.45, 7) is 0.555. The first kappa shape index (κ1) is 12.2. The van der Waals surface area contributed by atoms with Gasteiger partial charge >= 0.3 is 0 Å². The zero-order chi connectivity index (χ0) is 12.0. The molecule has 2 atom stereocenters. The number of nitrogens with zero attached hydrogens (tertiary/aromatic N) is 1. The van der Waals surface area contributed by atoms with Crippen molar-refractivity contribution in [1.29, 1.82) is 0 Å². The highest BCUT2D eigenvalue weighted by molar-refractivity contribution is 7.95. The van der Waals surface area contributed by atoms with E-state index in [9.17, 15) is 21.9 Å². The lowest BCUT2D eigenvalue weighted by Gasteiger charge is -2.22. The average molecular weight is 270 g/mol. The maximum Gasteiger partial charge on any atom is 0.221 e. The lowest BCUT2D eigenvalue weighted by atomic mass is 10.4. The Bertz CT molecular complexity index is 471. The molecule has 0 aromatic heterocycles. The van der Waals surface area contributed by atoms with Crippen LogP contribution in [0.5, 0.6) is 0 Å². The number of nitrogens with one attached hydrogen (secondary N) is 1. The third kappa shape index (κ3) is 2.09. The van der Waals surface area contributed by atoms with E-state index in [4.69, 9.17) is 0 Å². The molecule has 2 N–H and O–H groups in total. The molecule has 0 unspecified atom stereocenters. The van der Waals surface area contributed by atoms with E-state index in [1.807, 2.05) is 0 Å². The van der Waals surface area contributed by atoms with Crippen LogP contribution in [0.3, 0.4) is 0 Å². The summed E-state index contributed by atoms with van der Waals surface area (Å²) in [6, 6.07) is 0. The van der Waals surface area contributed by atoms with Gasteiger partial charge in [0.1, 0.15) is 0 Å². The van der Waals surface area contributed by atoms with E-state index in [-0.39, 0.29) is 24.5 Å². The fourth-order valence-electron chi connectivity index (χ4n) is 1.98. The molecule has 9 heteroatoms. The second-order valence-electron chi connectivity index (χ2n) is 4.01. The van der Waals surface area contributed by atoms with Gasteiger partial charge in [-0.3, -0.25) is 5.32 Å². The van der Waals surface area contributed by atoms with Crippen LogP contribution in [0.15, 0.2) is 0 Å². The van der Waals surface area contributed by atoms with Crippen molar-refractivity contribution in [3.63, 3.8) is 0 Å². The van der Waals surface area contributed by atoms with Crippen molar-refractivity contribution in [2.75, 3.05) is 24.6 Å². The Morgan fingerprint density at radius 1 is 1.38 bits per heavy atom. The molecule has 2 heterocycles. The molecule has 0 radical (unpaired) electrons. The number of rotatable bonds is 2. The molecule has 16 heavy (non-hydrogen) atoms. The van der Waals surface area contributed by atoms with Gasteiger partial charge in [-0.25, -0.2) is 16.8 Å². The van der Waals surface area contributed by atoms with Crippen LogP contribution in [0.25, 0.3) is 0 Å². The summed E-state index contributed by atoms with van der Waals surface area (Å²) in [6.07, 6.45) is -1.11. The minimum atomic E-state index is -3.72. The number of aliphatic hydroxyl groups is 1. The minimum Gasteiger partial charge on any atom is -0.364 e. The van der Waals surface area contributed by atoms with Crippen molar-refractivity contribution in [2.45, 2.75) is 18.0 Å². The van der Waals surface area contributed by atoms with E-state index in [1.165, 1.54) is 0 Å². The fourth-order valence-corrected chi connectivity index (χ4v) is 6.48. The third-order valence-electron chi connectivity index (χ3n) is 2.87. The lowest BCUT2D eigenvalue weighted by molar-refractivity contribution is 0.0751. The van der Waals surface area contributed by atoms with Gasteiger partial charge in [0.25, 0.3) is 0 Å². The molecule has 0 aliphatic carbocycles. The molecule has 2 rings (SSSR count). The van der Waals surface area contributed by atoms with Crippen LogP contribution in [0.2, 0.25) is 0 Å². The van der Waals surface area contributed by atoms with E-state index in [0.717, 1.165) is 4.31 Å². The topological polar surface area (TPSA) is 104 Å². The molecule has 2 saturated heterocycles. The monoisotopic (exact) mass is 270 g/mol. The van der Waals surface area contributed by atoms with E-state index < -0.39 is 31.5 Å². The van der Waals surface area contributed by atoms with Crippen molar-refractivity contribution in [3.8, 4) is 0 Å². The number of sulfonamides is 1. The molecule has 0 saturated carbocycles. The highest BCUT2D eigenvalue weighted by Gasteiger charge is 2.43. The molecule has 0 aromatic rings. The summed E-state index contributed by atoms with van der Waals surface area (Å²) in [5.74, 6) is -0.424. The van der Waals surface area contributed by atoms with Gasteiger partial charge < -0.3 is 5.11 Å². The Morgan fingerprint density at radius 2 is 2.06 bits per heavy atom. The Kier molecular flexibility index (Phi) is 2.99. The Hall–Kier alpha value is -0.220. The zero-order valence-corrected chi connectivity index (χ0v) is 10.2. The summed E-state index contributed by atoms with van der Waals surface area (Å²) in [5.41, 5.74) is 0. The Balaban J connectivity index is 2.20. The summed E-state index contributed by atoms with van der Waals surface area (Å²) in [4.78, 5) is 0. The highest BCUT2D eigenvalue weighted by Crippen LogP contribution is 2.23. The number of hydrogen-bond acceptors (Lipinski definition) is 6. The molecule has 2 aliphatic heterocycles. The first-order valence-electron chi connectivity index (χ1n) is 4.95. The van der Waals surface area contributed by atoms with Crippen LogP contribution in [0.4, 0.5) is 0 Å². The smallest absolute Gasteiger partial charge is 0.221 e. The molecule has 7 nitrogen and oxygen atoms in total.